The van der Waals surface area contributed by atoms with Crippen LogP contribution in [0.3, 0.4) is 0 Å². The highest BCUT2D eigenvalue weighted by atomic mass is 79.9. The van der Waals surface area contributed by atoms with Crippen LogP contribution in [0.2, 0.25) is 0 Å². The number of hydrogen-bond donors (Lipinski definition) is 2. The third-order valence-electron chi connectivity index (χ3n) is 4.00. The normalized spacial score (nSPS) is 10.4. The molecule has 0 fully saturated rings. The molecule has 0 aliphatic rings. The van der Waals surface area contributed by atoms with Crippen LogP contribution in [0.15, 0.2) is 52.3 Å². The maximum atomic E-state index is 12.0. The van der Waals surface area contributed by atoms with E-state index in [1.807, 2.05) is 43.5 Å². The van der Waals surface area contributed by atoms with Crippen molar-refractivity contribution in [2.45, 2.75) is 13.8 Å². The number of anilines is 1. The van der Waals surface area contributed by atoms with Crippen molar-refractivity contribution in [3.05, 3.63) is 63.6 Å². The fourth-order valence-corrected chi connectivity index (χ4v) is 3.80. The van der Waals surface area contributed by atoms with Crippen LogP contribution >= 0.6 is 27.3 Å². The van der Waals surface area contributed by atoms with Crippen molar-refractivity contribution < 1.29 is 14.3 Å². The number of benzene rings is 2. The first-order chi connectivity index (χ1) is 13.9. The quantitative estimate of drug-likeness (QED) is 0.535. The van der Waals surface area contributed by atoms with Gasteiger partial charge >= 0.3 is 0 Å². The van der Waals surface area contributed by atoms with Crippen molar-refractivity contribution in [3.8, 4) is 16.3 Å². The Balaban J connectivity index is 1.43. The van der Waals surface area contributed by atoms with Crippen molar-refractivity contribution in [2.24, 2.45) is 0 Å². The van der Waals surface area contributed by atoms with Gasteiger partial charge in [0.25, 0.3) is 5.91 Å². The maximum absolute atomic E-state index is 12.0. The fourth-order valence-electron chi connectivity index (χ4n) is 2.52. The number of nitrogens with zero attached hydrogens (tertiary/aromatic N) is 1. The largest absolute Gasteiger partial charge is 0.484 e. The molecule has 1 aromatic heterocycles. The van der Waals surface area contributed by atoms with Gasteiger partial charge in [0.05, 0.1) is 6.54 Å². The van der Waals surface area contributed by atoms with Crippen LogP contribution in [0, 0.1) is 13.8 Å². The number of aryl methyl sites for hydroxylation is 2. The van der Waals surface area contributed by atoms with Crippen molar-refractivity contribution >= 4 is 44.8 Å². The fraction of sp³-hybridized carbons (Fsp3) is 0.190. The molecule has 8 heteroatoms. The maximum Gasteiger partial charge on any atom is 0.258 e. The van der Waals surface area contributed by atoms with Crippen LogP contribution in [0.1, 0.15) is 11.3 Å². The Kier molecular flexibility index (Phi) is 7.00. The van der Waals surface area contributed by atoms with Crippen LogP contribution in [-0.2, 0) is 9.59 Å². The molecule has 3 rings (SSSR count). The lowest BCUT2D eigenvalue weighted by Crippen LogP contribution is -2.35. The first-order valence-electron chi connectivity index (χ1n) is 8.89. The first-order valence-corrected chi connectivity index (χ1v) is 10.6. The van der Waals surface area contributed by atoms with Crippen molar-refractivity contribution in [1.82, 2.24) is 10.3 Å². The van der Waals surface area contributed by atoms with Crippen molar-refractivity contribution in [2.75, 3.05) is 18.5 Å². The van der Waals surface area contributed by atoms with E-state index in [1.165, 1.54) is 0 Å². The molecule has 0 spiro atoms. The molecular formula is C21H20BrN3O3S. The summed E-state index contributed by atoms with van der Waals surface area (Å²) in [6.07, 6.45) is 0. The molecule has 0 saturated carbocycles. The molecular weight excluding hydrogens is 454 g/mol. The molecule has 1 heterocycles. The third-order valence-corrected chi connectivity index (χ3v) is 5.50. The number of ether oxygens (including phenoxy) is 1. The van der Waals surface area contributed by atoms with Gasteiger partial charge in [0, 0.05) is 26.8 Å². The van der Waals surface area contributed by atoms with Crippen LogP contribution < -0.4 is 15.4 Å². The molecule has 0 unspecified atom stereocenters. The summed E-state index contributed by atoms with van der Waals surface area (Å²) in [6.45, 7) is 3.56. The first kappa shape index (κ1) is 21.0. The molecule has 2 amide bonds. The van der Waals surface area contributed by atoms with Crippen LogP contribution in [-0.4, -0.2) is 29.9 Å². The molecule has 2 N–H and O–H groups in total. The Morgan fingerprint density at radius 2 is 1.86 bits per heavy atom. The average Bonchev–Trinajstić information content (AvgIpc) is 3.13. The zero-order valence-electron chi connectivity index (χ0n) is 16.0. The summed E-state index contributed by atoms with van der Waals surface area (Å²) in [5.74, 6) is -0.0914. The van der Waals surface area contributed by atoms with Crippen LogP contribution in [0.5, 0.6) is 5.75 Å². The van der Waals surface area contributed by atoms with Gasteiger partial charge in [0.2, 0.25) is 5.91 Å². The van der Waals surface area contributed by atoms with E-state index >= 15 is 0 Å². The molecule has 0 aliphatic carbocycles. The minimum Gasteiger partial charge on any atom is -0.484 e. The number of carbonyl (C=O) groups is 2. The molecule has 3 aromatic rings. The molecule has 6 nitrogen and oxygen atoms in total. The molecule has 0 aliphatic heterocycles. The Hall–Kier alpha value is -2.71. The van der Waals surface area contributed by atoms with Gasteiger partial charge in [-0.25, -0.2) is 4.98 Å². The smallest absolute Gasteiger partial charge is 0.258 e. The van der Waals surface area contributed by atoms with Gasteiger partial charge in [0.1, 0.15) is 10.8 Å². The number of carbonyl (C=O) groups excluding carboxylic acids is 2. The predicted molar refractivity (Wildman–Crippen MR) is 118 cm³/mol. The van der Waals surface area contributed by atoms with Crippen molar-refractivity contribution in [1.29, 1.82) is 0 Å². The number of nitrogens with one attached hydrogen (secondary N) is 2. The van der Waals surface area contributed by atoms with Gasteiger partial charge in [0.15, 0.2) is 6.61 Å². The summed E-state index contributed by atoms with van der Waals surface area (Å²) >= 11 is 4.96. The minimum atomic E-state index is -0.368. The van der Waals surface area contributed by atoms with Crippen LogP contribution in [0.4, 0.5) is 5.69 Å². The Morgan fingerprint density at radius 3 is 2.52 bits per heavy atom. The van der Waals surface area contributed by atoms with Gasteiger partial charge in [-0.3, -0.25) is 9.59 Å². The van der Waals surface area contributed by atoms with E-state index in [0.29, 0.717) is 11.4 Å². The van der Waals surface area contributed by atoms with E-state index < -0.39 is 0 Å². The minimum absolute atomic E-state index is 0.125. The topological polar surface area (TPSA) is 80.3 Å². The molecule has 150 valence electrons. The van der Waals surface area contributed by atoms with Gasteiger partial charge < -0.3 is 15.4 Å². The highest BCUT2D eigenvalue weighted by molar-refractivity contribution is 9.10. The van der Waals surface area contributed by atoms with E-state index in [9.17, 15) is 9.59 Å². The average molecular weight is 474 g/mol. The lowest BCUT2D eigenvalue weighted by molar-refractivity contribution is -0.125. The number of rotatable bonds is 7. The lowest BCUT2D eigenvalue weighted by atomic mass is 10.2. The van der Waals surface area contributed by atoms with E-state index in [0.717, 1.165) is 26.3 Å². The number of aromatic nitrogens is 1. The zero-order valence-corrected chi connectivity index (χ0v) is 18.4. The number of amides is 2. The summed E-state index contributed by atoms with van der Waals surface area (Å²) in [5, 5.41) is 8.26. The molecule has 0 bridgehead atoms. The summed E-state index contributed by atoms with van der Waals surface area (Å²) in [6, 6.07) is 12.9. The predicted octanol–water partition coefficient (Wildman–Crippen LogP) is 4.32. The number of halogens is 1. The summed E-state index contributed by atoms with van der Waals surface area (Å²) in [5.41, 5.74) is 3.62. The highest BCUT2D eigenvalue weighted by Crippen LogP contribution is 2.25. The van der Waals surface area contributed by atoms with Gasteiger partial charge in [-0.1, -0.05) is 15.9 Å². The zero-order chi connectivity index (χ0) is 20.8. The third kappa shape index (κ3) is 6.13. The molecule has 0 saturated heterocycles. The van der Waals surface area contributed by atoms with Gasteiger partial charge in [-0.2, -0.15) is 0 Å². The Morgan fingerprint density at radius 1 is 1.10 bits per heavy atom. The second-order valence-electron chi connectivity index (χ2n) is 6.39. The van der Waals surface area contributed by atoms with E-state index in [4.69, 9.17) is 4.74 Å². The number of thiazole rings is 1. The summed E-state index contributed by atoms with van der Waals surface area (Å²) in [7, 11) is 0. The van der Waals surface area contributed by atoms with E-state index in [-0.39, 0.29) is 25.0 Å². The molecule has 0 radical (unpaired) electrons. The molecule has 2 aromatic carbocycles. The molecule has 29 heavy (non-hydrogen) atoms. The monoisotopic (exact) mass is 473 g/mol. The Bertz CT molecular complexity index is 1020. The summed E-state index contributed by atoms with van der Waals surface area (Å²) < 4.78 is 6.42. The van der Waals surface area contributed by atoms with E-state index in [2.05, 4.69) is 31.5 Å². The standard InChI is InChI=1S/C21H20BrN3O3S/c1-13-9-16(22)5-8-18(13)25-19(26)10-23-20(27)11-28-17-6-3-15(4-7-17)21-24-14(2)12-29-21/h3-9,12H,10-11H2,1-2H3,(H,23,27)(H,25,26). The Labute approximate surface area is 181 Å². The summed E-state index contributed by atoms with van der Waals surface area (Å²) in [4.78, 5) is 28.4. The van der Waals surface area contributed by atoms with Crippen molar-refractivity contribution in [3.63, 3.8) is 0 Å². The van der Waals surface area contributed by atoms with Gasteiger partial charge in [-0.15, -0.1) is 11.3 Å². The SMILES string of the molecule is Cc1csc(-c2ccc(OCC(=O)NCC(=O)Nc3ccc(Br)cc3C)cc2)n1. The van der Waals surface area contributed by atoms with E-state index in [1.54, 1.807) is 29.5 Å². The molecule has 0 atom stereocenters. The lowest BCUT2D eigenvalue weighted by Gasteiger charge is -2.10. The second-order valence-corrected chi connectivity index (χ2v) is 8.17. The van der Waals surface area contributed by atoms with Gasteiger partial charge in [-0.05, 0) is 61.9 Å². The number of hydrogen-bond acceptors (Lipinski definition) is 5. The highest BCUT2D eigenvalue weighted by Gasteiger charge is 2.09. The van der Waals surface area contributed by atoms with Crippen LogP contribution in [0.25, 0.3) is 10.6 Å². The second kappa shape index (κ2) is 9.67.